The van der Waals surface area contributed by atoms with Crippen LogP contribution in [0.2, 0.25) is 0 Å². The molecule has 0 unspecified atom stereocenters. The number of hydrogen-bond donors (Lipinski definition) is 3. The first-order chi connectivity index (χ1) is 27.1. The fraction of sp³-hybridized carbons (Fsp3) is 0.214. The Balaban J connectivity index is 0.000000592. The van der Waals surface area contributed by atoms with Crippen LogP contribution in [0, 0.1) is 11.2 Å². The highest BCUT2D eigenvalue weighted by Gasteiger charge is 2.56. The number of para-hydroxylation sites is 3. The number of rotatable bonds is 10. The van der Waals surface area contributed by atoms with Crippen LogP contribution in [-0.2, 0) is 9.59 Å². The average molecular weight is 761 g/mol. The summed E-state index contributed by atoms with van der Waals surface area (Å²) in [5.74, 6) is -1.59. The standard InChI is InChI=1S/C36H27FN4O7.C6H14N2/c37-29-22-27(16-17-30(29)40-33(43)36(19-20-36)32(42)39-24-10-4-1-5-11-24)46-28-18-21-38-31(23-28)41(34(44)47-25-12-6-2-7-13-25)35(45)48-26-14-8-3-9-15-26;1-8(2)6-3-4-7-5-6/h1-18,21-23H,19-20H2,(H,39,42)(H,40,43);6-7H,3-5H2,1-2H3/t;6-/m.1/s1. The van der Waals surface area contributed by atoms with E-state index in [0.717, 1.165) is 12.1 Å². The molecule has 7 rings (SSSR count). The van der Waals surface area contributed by atoms with Crippen LogP contribution >= 0.6 is 0 Å². The molecule has 2 heterocycles. The van der Waals surface area contributed by atoms with Gasteiger partial charge in [-0.1, -0.05) is 54.6 Å². The number of aromatic nitrogens is 1. The van der Waals surface area contributed by atoms with Crippen molar-refractivity contribution in [2.24, 2.45) is 5.41 Å². The molecule has 1 aliphatic carbocycles. The number of anilines is 3. The van der Waals surface area contributed by atoms with Crippen molar-refractivity contribution in [1.82, 2.24) is 15.2 Å². The van der Waals surface area contributed by atoms with E-state index < -0.39 is 35.2 Å². The highest BCUT2D eigenvalue weighted by Crippen LogP contribution is 2.47. The number of ether oxygens (including phenoxy) is 3. The van der Waals surface area contributed by atoms with Gasteiger partial charge < -0.3 is 35.1 Å². The maximum atomic E-state index is 15.2. The van der Waals surface area contributed by atoms with E-state index in [1.807, 2.05) is 0 Å². The van der Waals surface area contributed by atoms with E-state index in [1.165, 1.54) is 74.2 Å². The Kier molecular flexibility index (Phi) is 12.6. The minimum atomic E-state index is -1.29. The topological polar surface area (TPSA) is 151 Å². The molecule has 4 aromatic carbocycles. The Hall–Kier alpha value is -6.64. The molecule has 56 heavy (non-hydrogen) atoms. The zero-order valence-corrected chi connectivity index (χ0v) is 30.8. The summed E-state index contributed by atoms with van der Waals surface area (Å²) < 4.78 is 31.7. The quantitative estimate of drug-likeness (QED) is 0.122. The molecule has 13 nitrogen and oxygen atoms in total. The second-order valence-corrected chi connectivity index (χ2v) is 13.3. The first-order valence-electron chi connectivity index (χ1n) is 17.9. The maximum absolute atomic E-state index is 15.2. The zero-order valence-electron chi connectivity index (χ0n) is 30.8. The molecule has 5 aromatic rings. The van der Waals surface area contributed by atoms with Gasteiger partial charge in [-0.15, -0.1) is 0 Å². The summed E-state index contributed by atoms with van der Waals surface area (Å²) in [4.78, 5) is 59.3. The molecular formula is C42H41FN6O7. The summed E-state index contributed by atoms with van der Waals surface area (Å²) in [7, 11) is 4.27. The smallest absolute Gasteiger partial charge is 0.430 e. The van der Waals surface area contributed by atoms with Crippen LogP contribution in [0.3, 0.4) is 0 Å². The lowest BCUT2D eigenvalue weighted by molar-refractivity contribution is -0.131. The van der Waals surface area contributed by atoms with Gasteiger partial charge in [0.15, 0.2) is 5.82 Å². The third-order valence-electron chi connectivity index (χ3n) is 9.05. The first kappa shape index (κ1) is 39.1. The number of imide groups is 1. The lowest BCUT2D eigenvalue weighted by atomic mass is 10.0. The molecule has 0 spiro atoms. The number of amides is 4. The van der Waals surface area contributed by atoms with E-state index in [0.29, 0.717) is 23.4 Å². The summed E-state index contributed by atoms with van der Waals surface area (Å²) in [6.07, 6.45) is 1.07. The van der Waals surface area contributed by atoms with E-state index in [9.17, 15) is 19.2 Å². The van der Waals surface area contributed by atoms with Gasteiger partial charge in [0, 0.05) is 36.6 Å². The molecule has 0 bridgehead atoms. The van der Waals surface area contributed by atoms with Crippen LogP contribution in [0.25, 0.3) is 0 Å². The van der Waals surface area contributed by atoms with Crippen molar-refractivity contribution in [3.63, 3.8) is 0 Å². The van der Waals surface area contributed by atoms with E-state index in [-0.39, 0.29) is 34.5 Å². The predicted octanol–water partition coefficient (Wildman–Crippen LogP) is 7.48. The fourth-order valence-electron chi connectivity index (χ4n) is 5.69. The molecule has 2 aliphatic rings. The van der Waals surface area contributed by atoms with E-state index in [4.69, 9.17) is 14.2 Å². The molecule has 1 aliphatic heterocycles. The van der Waals surface area contributed by atoms with Gasteiger partial charge in [-0.2, -0.15) is 4.90 Å². The molecule has 288 valence electrons. The first-order valence-corrected chi connectivity index (χ1v) is 17.9. The minimum absolute atomic E-state index is 0.0379. The lowest BCUT2D eigenvalue weighted by Gasteiger charge is -2.19. The monoisotopic (exact) mass is 760 g/mol. The summed E-state index contributed by atoms with van der Waals surface area (Å²) in [5, 5.41) is 8.55. The zero-order chi connectivity index (χ0) is 39.5. The molecule has 2 fully saturated rings. The Morgan fingerprint density at radius 1 is 0.732 bits per heavy atom. The number of likely N-dealkylation sites (N-methyl/N-ethyl adjacent to an activating group) is 1. The van der Waals surface area contributed by atoms with Crippen LogP contribution < -0.4 is 35.1 Å². The SMILES string of the molecule is CN(C)[C@@H]1CCNC1.O=C(Oc1ccccc1)N(C(=O)Oc1ccccc1)c1cc(Oc2ccc(NC(=O)C3(C(=O)Nc4ccccc4)CC3)c(F)c2)ccn1. The lowest BCUT2D eigenvalue weighted by Crippen LogP contribution is -2.41. The van der Waals surface area contributed by atoms with Gasteiger partial charge in [0.25, 0.3) is 0 Å². The summed E-state index contributed by atoms with van der Waals surface area (Å²) >= 11 is 0. The number of halogens is 1. The number of carbonyl (C=O) groups is 4. The third-order valence-corrected chi connectivity index (χ3v) is 9.05. The molecule has 0 radical (unpaired) electrons. The largest absolute Gasteiger partial charge is 0.457 e. The van der Waals surface area contributed by atoms with Crippen molar-refractivity contribution in [1.29, 1.82) is 0 Å². The average Bonchev–Trinajstić information content (AvgIpc) is 3.83. The summed E-state index contributed by atoms with van der Waals surface area (Å²) in [6.45, 7) is 2.37. The van der Waals surface area contributed by atoms with Crippen molar-refractivity contribution in [2.75, 3.05) is 42.7 Å². The second kappa shape index (κ2) is 18.1. The third kappa shape index (κ3) is 10.1. The van der Waals surface area contributed by atoms with Crippen LogP contribution in [0.15, 0.2) is 128 Å². The predicted molar refractivity (Wildman–Crippen MR) is 208 cm³/mol. The molecule has 1 saturated heterocycles. The molecule has 4 amide bonds. The van der Waals surface area contributed by atoms with Gasteiger partial charge in [0.05, 0.1) is 5.69 Å². The molecule has 3 N–H and O–H groups in total. The van der Waals surface area contributed by atoms with Crippen molar-refractivity contribution >= 4 is 41.2 Å². The highest BCUT2D eigenvalue weighted by molar-refractivity contribution is 6.17. The maximum Gasteiger partial charge on any atom is 0.430 e. The Bertz CT molecular complexity index is 2080. The summed E-state index contributed by atoms with van der Waals surface area (Å²) in [6, 6.07) is 32.2. The molecular weight excluding hydrogens is 719 g/mol. The normalized spacial score (nSPS) is 15.0. The van der Waals surface area contributed by atoms with Crippen molar-refractivity contribution in [2.45, 2.75) is 25.3 Å². The molecule has 14 heteroatoms. The molecule has 1 saturated carbocycles. The Labute approximate surface area is 323 Å². The highest BCUT2D eigenvalue weighted by atomic mass is 19.1. The van der Waals surface area contributed by atoms with E-state index in [1.54, 1.807) is 66.7 Å². The van der Waals surface area contributed by atoms with Gasteiger partial charge in [-0.25, -0.2) is 19.0 Å². The van der Waals surface area contributed by atoms with E-state index >= 15 is 4.39 Å². The van der Waals surface area contributed by atoms with Crippen LogP contribution in [0.5, 0.6) is 23.0 Å². The van der Waals surface area contributed by atoms with Gasteiger partial charge in [-0.05, 0) is 94.5 Å². The van der Waals surface area contributed by atoms with Crippen LogP contribution in [-0.4, -0.2) is 67.1 Å². The molecule has 1 atom stereocenters. The van der Waals surface area contributed by atoms with E-state index in [2.05, 4.69) is 39.9 Å². The van der Waals surface area contributed by atoms with Crippen molar-refractivity contribution < 1.29 is 37.8 Å². The number of nitrogens with zero attached hydrogens (tertiary/aromatic N) is 3. The second-order valence-electron chi connectivity index (χ2n) is 13.3. The number of nitrogens with one attached hydrogen (secondary N) is 3. The van der Waals surface area contributed by atoms with Gasteiger partial charge >= 0.3 is 12.2 Å². The van der Waals surface area contributed by atoms with Crippen molar-refractivity contribution in [3.05, 3.63) is 133 Å². The summed E-state index contributed by atoms with van der Waals surface area (Å²) in [5.41, 5.74) is -0.877. The minimum Gasteiger partial charge on any atom is -0.457 e. The van der Waals surface area contributed by atoms with Gasteiger partial charge in [0.1, 0.15) is 34.2 Å². The Morgan fingerprint density at radius 3 is 1.82 bits per heavy atom. The van der Waals surface area contributed by atoms with Gasteiger partial charge in [0.2, 0.25) is 11.8 Å². The number of pyridine rings is 1. The fourth-order valence-corrected chi connectivity index (χ4v) is 5.69. The molecule has 1 aromatic heterocycles. The van der Waals surface area contributed by atoms with Gasteiger partial charge in [-0.3, -0.25) is 9.59 Å². The number of hydrogen-bond acceptors (Lipinski definition) is 10. The number of carbonyl (C=O) groups excluding carboxylic acids is 4. The van der Waals surface area contributed by atoms with Crippen LogP contribution in [0.1, 0.15) is 19.3 Å². The Morgan fingerprint density at radius 2 is 1.30 bits per heavy atom. The number of benzene rings is 4. The van der Waals surface area contributed by atoms with Crippen molar-refractivity contribution in [3.8, 4) is 23.0 Å². The van der Waals surface area contributed by atoms with Crippen LogP contribution in [0.4, 0.5) is 31.2 Å².